The molecule has 0 radical (unpaired) electrons. The molecule has 2 aromatic carbocycles. The maximum absolute atomic E-state index is 12.3. The molecule has 1 atom stereocenters. The molecule has 0 heterocycles. The third-order valence-corrected chi connectivity index (χ3v) is 3.66. The van der Waals surface area contributed by atoms with Gasteiger partial charge in [0.1, 0.15) is 11.5 Å². The van der Waals surface area contributed by atoms with Gasteiger partial charge in [-0.15, -0.1) is 0 Å². The molecule has 0 aliphatic heterocycles. The average Bonchev–Trinajstić information content (AvgIpc) is 2.54. The van der Waals surface area contributed by atoms with Crippen molar-refractivity contribution in [2.24, 2.45) is 0 Å². The van der Waals surface area contributed by atoms with Crippen molar-refractivity contribution in [2.45, 2.75) is 13.0 Å². The molecule has 0 bridgehead atoms. The van der Waals surface area contributed by atoms with E-state index in [2.05, 4.69) is 5.32 Å². The van der Waals surface area contributed by atoms with Crippen LogP contribution in [0.15, 0.2) is 42.5 Å². The van der Waals surface area contributed by atoms with Crippen LogP contribution >= 0.6 is 11.6 Å². The van der Waals surface area contributed by atoms with E-state index in [4.69, 9.17) is 21.1 Å². The van der Waals surface area contributed by atoms with Gasteiger partial charge in [0, 0.05) is 11.1 Å². The molecule has 1 amide bonds. The SMILES string of the molecule is COc1ccc(C(=O)N[C@H](C)c2ccccc2OC)cc1Cl. The van der Waals surface area contributed by atoms with E-state index < -0.39 is 0 Å². The van der Waals surface area contributed by atoms with Gasteiger partial charge in [0.2, 0.25) is 0 Å². The topological polar surface area (TPSA) is 47.6 Å². The number of nitrogens with one attached hydrogen (secondary N) is 1. The molecule has 0 aliphatic carbocycles. The van der Waals surface area contributed by atoms with E-state index >= 15 is 0 Å². The molecule has 116 valence electrons. The van der Waals surface area contributed by atoms with Crippen LogP contribution in [0.3, 0.4) is 0 Å². The van der Waals surface area contributed by atoms with Crippen molar-refractivity contribution in [1.29, 1.82) is 0 Å². The minimum absolute atomic E-state index is 0.190. The lowest BCUT2D eigenvalue weighted by molar-refractivity contribution is 0.0939. The maximum Gasteiger partial charge on any atom is 0.251 e. The third kappa shape index (κ3) is 3.52. The summed E-state index contributed by atoms with van der Waals surface area (Å²) in [6.45, 7) is 1.90. The van der Waals surface area contributed by atoms with E-state index in [0.717, 1.165) is 11.3 Å². The highest BCUT2D eigenvalue weighted by molar-refractivity contribution is 6.32. The number of carbonyl (C=O) groups excluding carboxylic acids is 1. The molecule has 5 heteroatoms. The van der Waals surface area contributed by atoms with Crippen LogP contribution in [0.1, 0.15) is 28.9 Å². The number of rotatable bonds is 5. The third-order valence-electron chi connectivity index (χ3n) is 3.37. The maximum atomic E-state index is 12.3. The Hall–Kier alpha value is -2.20. The highest BCUT2D eigenvalue weighted by atomic mass is 35.5. The number of benzene rings is 2. The Morgan fingerprint density at radius 2 is 1.77 bits per heavy atom. The second-order valence-corrected chi connectivity index (χ2v) is 5.19. The van der Waals surface area contributed by atoms with Gasteiger partial charge in [-0.1, -0.05) is 29.8 Å². The summed E-state index contributed by atoms with van der Waals surface area (Å²) in [5, 5.41) is 3.34. The normalized spacial score (nSPS) is 11.6. The summed E-state index contributed by atoms with van der Waals surface area (Å²) in [5.74, 6) is 1.07. The number of hydrogen-bond donors (Lipinski definition) is 1. The second kappa shape index (κ2) is 7.18. The fourth-order valence-electron chi connectivity index (χ4n) is 2.19. The number of para-hydroxylation sites is 1. The van der Waals surface area contributed by atoms with Crippen LogP contribution in [0.25, 0.3) is 0 Å². The van der Waals surface area contributed by atoms with Crippen molar-refractivity contribution < 1.29 is 14.3 Å². The zero-order chi connectivity index (χ0) is 16.1. The molecule has 0 fully saturated rings. The van der Waals surface area contributed by atoms with E-state index in [1.54, 1.807) is 25.3 Å². The first-order chi connectivity index (χ1) is 10.6. The Morgan fingerprint density at radius 1 is 1.09 bits per heavy atom. The van der Waals surface area contributed by atoms with Gasteiger partial charge in [-0.2, -0.15) is 0 Å². The van der Waals surface area contributed by atoms with Crippen molar-refractivity contribution in [3.63, 3.8) is 0 Å². The van der Waals surface area contributed by atoms with Crippen LogP contribution in [0, 0.1) is 0 Å². The summed E-state index contributed by atoms with van der Waals surface area (Å²) in [6, 6.07) is 12.3. The zero-order valence-corrected chi connectivity index (χ0v) is 13.5. The van der Waals surface area contributed by atoms with Gasteiger partial charge >= 0.3 is 0 Å². The van der Waals surface area contributed by atoms with Gasteiger partial charge in [-0.25, -0.2) is 0 Å². The Labute approximate surface area is 135 Å². The molecule has 4 nitrogen and oxygen atoms in total. The quantitative estimate of drug-likeness (QED) is 0.910. The van der Waals surface area contributed by atoms with Crippen LogP contribution in [0.2, 0.25) is 5.02 Å². The first kappa shape index (κ1) is 16.2. The number of hydrogen-bond acceptors (Lipinski definition) is 3. The number of ether oxygens (including phenoxy) is 2. The highest BCUT2D eigenvalue weighted by Crippen LogP contribution is 2.27. The van der Waals surface area contributed by atoms with Gasteiger partial charge in [0.05, 0.1) is 25.3 Å². The summed E-state index contributed by atoms with van der Waals surface area (Å²) >= 11 is 6.05. The first-order valence-corrected chi connectivity index (χ1v) is 7.22. The molecule has 0 aliphatic rings. The molecule has 2 rings (SSSR count). The summed E-state index contributed by atoms with van der Waals surface area (Å²) in [5.41, 5.74) is 1.39. The lowest BCUT2D eigenvalue weighted by atomic mass is 10.1. The minimum atomic E-state index is -0.206. The summed E-state index contributed by atoms with van der Waals surface area (Å²) in [4.78, 5) is 12.3. The van der Waals surface area contributed by atoms with Gasteiger partial charge in [-0.3, -0.25) is 4.79 Å². The van der Waals surface area contributed by atoms with Crippen LogP contribution in [-0.4, -0.2) is 20.1 Å². The molecular weight excluding hydrogens is 302 g/mol. The monoisotopic (exact) mass is 319 g/mol. The highest BCUT2D eigenvalue weighted by Gasteiger charge is 2.15. The van der Waals surface area contributed by atoms with Crippen molar-refractivity contribution in [2.75, 3.05) is 14.2 Å². The van der Waals surface area contributed by atoms with Crippen LogP contribution < -0.4 is 14.8 Å². The van der Waals surface area contributed by atoms with E-state index in [1.807, 2.05) is 31.2 Å². The van der Waals surface area contributed by atoms with Crippen LogP contribution in [0.5, 0.6) is 11.5 Å². The van der Waals surface area contributed by atoms with Gasteiger partial charge in [0.15, 0.2) is 0 Å². The molecule has 2 aromatic rings. The lowest BCUT2D eigenvalue weighted by Crippen LogP contribution is -2.26. The Bertz CT molecular complexity index is 673. The molecule has 1 N–H and O–H groups in total. The van der Waals surface area contributed by atoms with Crippen molar-refractivity contribution in [3.05, 3.63) is 58.6 Å². The summed E-state index contributed by atoms with van der Waals surface area (Å²) in [6.07, 6.45) is 0. The number of carbonyl (C=O) groups is 1. The van der Waals surface area contributed by atoms with E-state index in [-0.39, 0.29) is 11.9 Å². The minimum Gasteiger partial charge on any atom is -0.496 e. The van der Waals surface area contributed by atoms with Crippen molar-refractivity contribution >= 4 is 17.5 Å². The van der Waals surface area contributed by atoms with E-state index in [1.165, 1.54) is 7.11 Å². The lowest BCUT2D eigenvalue weighted by Gasteiger charge is -2.17. The zero-order valence-electron chi connectivity index (χ0n) is 12.7. The fraction of sp³-hybridized carbons (Fsp3) is 0.235. The van der Waals surface area contributed by atoms with Crippen LogP contribution in [0.4, 0.5) is 0 Å². The number of methoxy groups -OCH3 is 2. The van der Waals surface area contributed by atoms with E-state index in [0.29, 0.717) is 16.3 Å². The number of halogens is 1. The standard InChI is InChI=1S/C17H18ClNO3/c1-11(13-6-4-5-7-15(13)21-2)19-17(20)12-8-9-16(22-3)14(18)10-12/h4-11H,1-3H3,(H,19,20)/t11-/m1/s1. The van der Waals surface area contributed by atoms with Crippen molar-refractivity contribution in [1.82, 2.24) is 5.32 Å². The van der Waals surface area contributed by atoms with Gasteiger partial charge in [0.25, 0.3) is 5.91 Å². The molecule has 0 saturated carbocycles. The Morgan fingerprint density at radius 3 is 2.41 bits per heavy atom. The molecule has 0 saturated heterocycles. The molecule has 0 aromatic heterocycles. The Balaban J connectivity index is 2.16. The number of amides is 1. The predicted octanol–water partition coefficient (Wildman–Crippen LogP) is 3.85. The first-order valence-electron chi connectivity index (χ1n) is 6.84. The molecule has 22 heavy (non-hydrogen) atoms. The van der Waals surface area contributed by atoms with Gasteiger partial charge < -0.3 is 14.8 Å². The second-order valence-electron chi connectivity index (χ2n) is 4.79. The predicted molar refractivity (Wildman–Crippen MR) is 86.9 cm³/mol. The Kier molecular flexibility index (Phi) is 5.28. The fourth-order valence-corrected chi connectivity index (χ4v) is 2.45. The molecule has 0 spiro atoms. The summed E-state index contributed by atoms with van der Waals surface area (Å²) < 4.78 is 10.4. The summed E-state index contributed by atoms with van der Waals surface area (Å²) in [7, 11) is 3.14. The smallest absolute Gasteiger partial charge is 0.251 e. The van der Waals surface area contributed by atoms with Crippen molar-refractivity contribution in [3.8, 4) is 11.5 Å². The van der Waals surface area contributed by atoms with Gasteiger partial charge in [-0.05, 0) is 31.2 Å². The molecule has 0 unspecified atom stereocenters. The van der Waals surface area contributed by atoms with E-state index in [9.17, 15) is 4.79 Å². The van der Waals surface area contributed by atoms with Crippen LogP contribution in [-0.2, 0) is 0 Å². The average molecular weight is 320 g/mol. The molecular formula is C17H18ClNO3. The largest absolute Gasteiger partial charge is 0.496 e.